The number of anilines is 1. The van der Waals surface area contributed by atoms with E-state index in [1.165, 1.54) is 13.4 Å². The Bertz CT molecular complexity index is 1230. The number of carbonyl (C=O) groups is 2. The Labute approximate surface area is 178 Å². The second kappa shape index (κ2) is 8.71. The number of methoxy groups -OCH3 is 1. The fraction of sp³-hybridized carbons (Fsp3) is 0.125. The van der Waals surface area contributed by atoms with Crippen LogP contribution in [-0.2, 0) is 9.53 Å². The zero-order valence-corrected chi connectivity index (χ0v) is 17.0. The van der Waals surface area contributed by atoms with Crippen LogP contribution in [0.3, 0.4) is 0 Å². The van der Waals surface area contributed by atoms with Gasteiger partial charge in [-0.2, -0.15) is 0 Å². The quantitative estimate of drug-likeness (QED) is 0.462. The number of aryl methyl sites for hydroxylation is 1. The topological polar surface area (TPSA) is 90.7 Å². The van der Waals surface area contributed by atoms with Crippen molar-refractivity contribution in [2.75, 3.05) is 19.0 Å². The molecule has 0 saturated carbocycles. The van der Waals surface area contributed by atoms with Crippen LogP contribution in [0.2, 0.25) is 0 Å². The van der Waals surface area contributed by atoms with Crippen LogP contribution in [-0.4, -0.2) is 30.6 Å². The second-order valence-corrected chi connectivity index (χ2v) is 6.90. The minimum atomic E-state index is -0.496. The summed E-state index contributed by atoms with van der Waals surface area (Å²) in [6, 6.07) is 18.2. The number of carbonyl (C=O) groups excluding carboxylic acids is 2. The molecule has 0 aliphatic carbocycles. The van der Waals surface area contributed by atoms with Crippen LogP contribution in [0.4, 0.5) is 5.69 Å². The largest absolute Gasteiger partial charge is 0.481 e. The van der Waals surface area contributed by atoms with Gasteiger partial charge in [-0.1, -0.05) is 29.8 Å². The van der Waals surface area contributed by atoms with Crippen LogP contribution in [0.15, 0.2) is 71.3 Å². The Balaban J connectivity index is 1.73. The number of hydrogen-bond donors (Lipinski definition) is 1. The number of aromatic nitrogens is 1. The van der Waals surface area contributed by atoms with Crippen LogP contribution in [0.25, 0.3) is 22.2 Å². The second-order valence-electron chi connectivity index (χ2n) is 6.90. The van der Waals surface area contributed by atoms with Crippen molar-refractivity contribution in [3.05, 3.63) is 78.3 Å². The molecule has 0 unspecified atom stereocenters. The molecule has 0 aliphatic rings. The van der Waals surface area contributed by atoms with Crippen molar-refractivity contribution in [2.45, 2.75) is 6.92 Å². The summed E-state index contributed by atoms with van der Waals surface area (Å²) < 4.78 is 15.6. The number of furan rings is 1. The SMILES string of the molecule is COC(=O)COc1cc(-c2ccc(C)cc2)nc2ccc(NC(=O)c3ccco3)cc12. The number of pyridine rings is 1. The number of fused-ring (bicyclic) bond motifs is 1. The fourth-order valence-corrected chi connectivity index (χ4v) is 3.06. The van der Waals surface area contributed by atoms with Gasteiger partial charge in [0.25, 0.3) is 5.91 Å². The Morgan fingerprint density at radius 1 is 1.06 bits per heavy atom. The maximum absolute atomic E-state index is 12.3. The molecule has 31 heavy (non-hydrogen) atoms. The van der Waals surface area contributed by atoms with Crippen LogP contribution in [0.5, 0.6) is 5.75 Å². The Morgan fingerprint density at radius 3 is 2.58 bits per heavy atom. The molecule has 2 aromatic heterocycles. The average molecular weight is 416 g/mol. The highest BCUT2D eigenvalue weighted by atomic mass is 16.6. The lowest BCUT2D eigenvalue weighted by atomic mass is 10.1. The smallest absolute Gasteiger partial charge is 0.343 e. The molecular formula is C24H20N2O5. The van der Waals surface area contributed by atoms with E-state index in [0.29, 0.717) is 28.0 Å². The number of amides is 1. The van der Waals surface area contributed by atoms with E-state index in [0.717, 1.165) is 11.1 Å². The number of ether oxygens (including phenoxy) is 2. The molecule has 0 radical (unpaired) electrons. The van der Waals surface area contributed by atoms with Gasteiger partial charge < -0.3 is 19.2 Å². The summed E-state index contributed by atoms with van der Waals surface area (Å²) in [6.45, 7) is 1.77. The van der Waals surface area contributed by atoms with Gasteiger partial charge in [0.15, 0.2) is 12.4 Å². The van der Waals surface area contributed by atoms with Gasteiger partial charge >= 0.3 is 5.97 Å². The van der Waals surface area contributed by atoms with Gasteiger partial charge in [-0.25, -0.2) is 9.78 Å². The molecule has 0 atom stereocenters. The molecule has 0 saturated heterocycles. The molecule has 7 heteroatoms. The third-order valence-corrected chi connectivity index (χ3v) is 4.69. The number of rotatable bonds is 6. The molecule has 0 aliphatic heterocycles. The minimum Gasteiger partial charge on any atom is -0.481 e. The molecular weight excluding hydrogens is 396 g/mol. The van der Waals surface area contributed by atoms with E-state index in [4.69, 9.17) is 14.1 Å². The van der Waals surface area contributed by atoms with Gasteiger partial charge in [-0.05, 0) is 37.3 Å². The molecule has 4 aromatic rings. The molecule has 2 heterocycles. The summed E-state index contributed by atoms with van der Waals surface area (Å²) in [5.41, 5.74) is 3.98. The minimum absolute atomic E-state index is 0.204. The summed E-state index contributed by atoms with van der Waals surface area (Å²) in [7, 11) is 1.30. The third-order valence-electron chi connectivity index (χ3n) is 4.69. The zero-order chi connectivity index (χ0) is 21.8. The molecule has 156 valence electrons. The van der Waals surface area contributed by atoms with E-state index in [-0.39, 0.29) is 18.3 Å². The van der Waals surface area contributed by atoms with Gasteiger partial charge in [0, 0.05) is 22.7 Å². The van der Waals surface area contributed by atoms with E-state index >= 15 is 0 Å². The summed E-state index contributed by atoms with van der Waals surface area (Å²) in [4.78, 5) is 28.7. The first kappa shape index (κ1) is 20.2. The first-order chi connectivity index (χ1) is 15.0. The molecule has 0 spiro atoms. The highest BCUT2D eigenvalue weighted by molar-refractivity contribution is 6.03. The lowest BCUT2D eigenvalue weighted by Gasteiger charge is -2.13. The van der Waals surface area contributed by atoms with E-state index in [2.05, 4.69) is 10.1 Å². The average Bonchev–Trinajstić information content (AvgIpc) is 3.33. The Kier molecular flexibility index (Phi) is 5.66. The maximum Gasteiger partial charge on any atom is 0.343 e. The van der Waals surface area contributed by atoms with Crippen molar-refractivity contribution >= 4 is 28.5 Å². The number of hydrogen-bond acceptors (Lipinski definition) is 6. The summed E-state index contributed by atoms with van der Waals surface area (Å²) in [5, 5.41) is 3.43. The molecule has 1 N–H and O–H groups in total. The van der Waals surface area contributed by atoms with E-state index in [9.17, 15) is 9.59 Å². The van der Waals surface area contributed by atoms with Crippen LogP contribution in [0, 0.1) is 6.92 Å². The number of benzene rings is 2. The molecule has 2 aromatic carbocycles. The molecule has 1 amide bonds. The first-order valence-electron chi connectivity index (χ1n) is 9.60. The van der Waals surface area contributed by atoms with Crippen molar-refractivity contribution in [1.82, 2.24) is 4.98 Å². The van der Waals surface area contributed by atoms with Crippen molar-refractivity contribution < 1.29 is 23.5 Å². The summed E-state index contributed by atoms with van der Waals surface area (Å²) in [5.74, 6) is -0.204. The molecule has 7 nitrogen and oxygen atoms in total. The number of esters is 1. The predicted octanol–water partition coefficient (Wildman–Crippen LogP) is 4.61. The summed E-state index contributed by atoms with van der Waals surface area (Å²) >= 11 is 0. The zero-order valence-electron chi connectivity index (χ0n) is 17.0. The lowest BCUT2D eigenvalue weighted by Crippen LogP contribution is -2.13. The Hall–Kier alpha value is -4.13. The highest BCUT2D eigenvalue weighted by Crippen LogP contribution is 2.32. The molecule has 0 bridgehead atoms. The van der Waals surface area contributed by atoms with E-state index in [1.807, 2.05) is 31.2 Å². The van der Waals surface area contributed by atoms with Gasteiger partial charge in [0.2, 0.25) is 0 Å². The number of nitrogens with one attached hydrogen (secondary N) is 1. The normalized spacial score (nSPS) is 10.6. The first-order valence-corrected chi connectivity index (χ1v) is 9.60. The van der Waals surface area contributed by atoms with Gasteiger partial charge in [0.05, 0.1) is 24.6 Å². The van der Waals surface area contributed by atoms with E-state index < -0.39 is 5.97 Å². The number of nitrogens with zero attached hydrogens (tertiary/aromatic N) is 1. The van der Waals surface area contributed by atoms with Crippen molar-refractivity contribution in [1.29, 1.82) is 0 Å². The third kappa shape index (κ3) is 4.56. The highest BCUT2D eigenvalue weighted by Gasteiger charge is 2.14. The lowest BCUT2D eigenvalue weighted by molar-refractivity contribution is -0.142. The summed E-state index contributed by atoms with van der Waals surface area (Å²) in [6.07, 6.45) is 1.44. The van der Waals surface area contributed by atoms with Crippen molar-refractivity contribution in [3.63, 3.8) is 0 Å². The van der Waals surface area contributed by atoms with Crippen LogP contribution < -0.4 is 10.1 Å². The van der Waals surface area contributed by atoms with Gasteiger partial charge in [0.1, 0.15) is 5.75 Å². The van der Waals surface area contributed by atoms with Gasteiger partial charge in [-0.3, -0.25) is 4.79 Å². The van der Waals surface area contributed by atoms with Crippen LogP contribution >= 0.6 is 0 Å². The van der Waals surface area contributed by atoms with Crippen LogP contribution in [0.1, 0.15) is 16.1 Å². The predicted molar refractivity (Wildman–Crippen MR) is 116 cm³/mol. The molecule has 4 rings (SSSR count). The monoisotopic (exact) mass is 416 g/mol. The Morgan fingerprint density at radius 2 is 1.87 bits per heavy atom. The van der Waals surface area contributed by atoms with E-state index in [1.54, 1.807) is 36.4 Å². The van der Waals surface area contributed by atoms with Crippen molar-refractivity contribution in [2.24, 2.45) is 0 Å². The van der Waals surface area contributed by atoms with Gasteiger partial charge in [-0.15, -0.1) is 0 Å². The maximum atomic E-state index is 12.3. The van der Waals surface area contributed by atoms with Crippen molar-refractivity contribution in [3.8, 4) is 17.0 Å². The fourth-order valence-electron chi connectivity index (χ4n) is 3.06. The molecule has 0 fully saturated rings. The standard InChI is InChI=1S/C24H20N2O5/c1-15-5-7-16(8-6-15)20-13-22(31-14-23(27)29-2)18-12-17(9-10-19(18)26-20)25-24(28)21-4-3-11-30-21/h3-13H,14H2,1-2H3,(H,25,28).